The first-order chi connectivity index (χ1) is 19.1. The van der Waals surface area contributed by atoms with E-state index in [0.29, 0.717) is 50.2 Å². The topological polar surface area (TPSA) is 79.6 Å². The summed E-state index contributed by atoms with van der Waals surface area (Å²) in [6.45, 7) is 8.34. The van der Waals surface area contributed by atoms with Crippen LogP contribution in [0.15, 0.2) is 60.7 Å². The number of nitrogens with one attached hydrogen (secondary N) is 1. The highest BCUT2D eigenvalue weighted by Crippen LogP contribution is 2.56. The third-order valence-electron chi connectivity index (χ3n) is 7.83. The number of aliphatic hydroxyl groups excluding tert-OH is 1. The minimum absolute atomic E-state index is 0.117. The fraction of sp³-hybridized carbons (Fsp3) is 0.290. The average Bonchev–Trinajstić information content (AvgIpc) is 3.52. The maximum absolute atomic E-state index is 14.4. The van der Waals surface area contributed by atoms with E-state index < -0.39 is 11.8 Å². The van der Waals surface area contributed by atoms with Gasteiger partial charge in [0.25, 0.3) is 5.91 Å². The van der Waals surface area contributed by atoms with Gasteiger partial charge < -0.3 is 19.7 Å². The van der Waals surface area contributed by atoms with Crippen LogP contribution in [0.2, 0.25) is 10.0 Å². The van der Waals surface area contributed by atoms with E-state index in [0.717, 1.165) is 11.1 Å². The Balaban J connectivity index is 1.69. The molecule has 2 aliphatic heterocycles. The number of methoxy groups -OCH3 is 1. The normalized spacial score (nSPS) is 19.5. The highest BCUT2D eigenvalue weighted by Gasteiger charge is 2.63. The quantitative estimate of drug-likeness (QED) is 0.262. The molecule has 0 aliphatic carbocycles. The van der Waals surface area contributed by atoms with Gasteiger partial charge in [0, 0.05) is 33.0 Å². The lowest BCUT2D eigenvalue weighted by molar-refractivity contribution is 0.0913. The number of hydrogen-bond donors (Lipinski definition) is 2. The molecule has 3 aromatic carbocycles. The molecule has 2 unspecified atom stereocenters. The number of rotatable bonds is 5. The number of halogens is 2. The fourth-order valence-corrected chi connectivity index (χ4v) is 6.42. The Morgan fingerprint density at radius 2 is 1.77 bits per heavy atom. The van der Waals surface area contributed by atoms with E-state index in [2.05, 4.69) is 25.2 Å². The summed E-state index contributed by atoms with van der Waals surface area (Å²) in [7, 11) is 1.64. The zero-order valence-corrected chi connectivity index (χ0v) is 24.4. The van der Waals surface area contributed by atoms with Gasteiger partial charge in [0.15, 0.2) is 17.5 Å². The van der Waals surface area contributed by atoms with Crippen LogP contribution in [0.1, 0.15) is 67.0 Å². The van der Waals surface area contributed by atoms with Gasteiger partial charge in [-0.05, 0) is 67.8 Å². The lowest BCUT2D eigenvalue weighted by Crippen LogP contribution is -2.53. The predicted molar refractivity (Wildman–Crippen MR) is 159 cm³/mol. The number of anilines is 2. The zero-order valence-electron chi connectivity index (χ0n) is 22.9. The molecule has 2 atom stereocenters. The van der Waals surface area contributed by atoms with E-state index in [1.165, 1.54) is 0 Å². The van der Waals surface area contributed by atoms with Gasteiger partial charge in [-0.2, -0.15) is 0 Å². The summed E-state index contributed by atoms with van der Waals surface area (Å²) >= 11 is 12.7. The van der Waals surface area contributed by atoms with Crippen LogP contribution in [0.25, 0.3) is 11.4 Å². The molecule has 0 bridgehead atoms. The molecule has 1 aromatic heterocycles. The maximum atomic E-state index is 14.4. The molecule has 1 spiro atoms. The van der Waals surface area contributed by atoms with Crippen LogP contribution in [-0.2, 0) is 5.54 Å². The molecule has 0 fully saturated rings. The molecule has 206 valence electrons. The van der Waals surface area contributed by atoms with Gasteiger partial charge in [0.1, 0.15) is 11.6 Å². The lowest BCUT2D eigenvalue weighted by Gasteiger charge is -2.39. The van der Waals surface area contributed by atoms with E-state index in [1.54, 1.807) is 42.3 Å². The molecule has 0 saturated carbocycles. The number of amides is 1. The molecule has 6 rings (SSSR count). The molecule has 0 radical (unpaired) electrons. The zero-order chi connectivity index (χ0) is 28.5. The minimum atomic E-state index is -1.34. The van der Waals surface area contributed by atoms with Crippen molar-refractivity contribution in [2.24, 2.45) is 0 Å². The largest absolute Gasteiger partial charge is 0.496 e. The number of aromatic nitrogens is 2. The van der Waals surface area contributed by atoms with Crippen LogP contribution < -0.4 is 15.0 Å². The Bertz CT molecular complexity index is 1660. The molecular weight excluding hydrogens is 547 g/mol. The van der Waals surface area contributed by atoms with E-state index in [9.17, 15) is 9.90 Å². The van der Waals surface area contributed by atoms with Crippen molar-refractivity contribution in [3.05, 3.63) is 93.2 Å². The van der Waals surface area contributed by atoms with Crippen molar-refractivity contribution < 1.29 is 14.6 Å². The highest BCUT2D eigenvalue weighted by molar-refractivity contribution is 6.31. The molecule has 4 aromatic rings. The van der Waals surface area contributed by atoms with Crippen molar-refractivity contribution in [2.75, 3.05) is 17.3 Å². The lowest BCUT2D eigenvalue weighted by atomic mass is 9.86. The number of imidazole rings is 1. The number of ether oxygens (including phenoxy) is 1. The van der Waals surface area contributed by atoms with Crippen molar-refractivity contribution in [2.45, 2.75) is 51.4 Å². The molecule has 2 aliphatic rings. The summed E-state index contributed by atoms with van der Waals surface area (Å²) < 4.78 is 7.87. The van der Waals surface area contributed by atoms with Crippen LogP contribution in [0.5, 0.6) is 5.75 Å². The van der Waals surface area contributed by atoms with Crippen LogP contribution in [0, 0.1) is 0 Å². The summed E-state index contributed by atoms with van der Waals surface area (Å²) in [5.74, 6) is 1.25. The summed E-state index contributed by atoms with van der Waals surface area (Å²) in [5.41, 5.74) is 3.34. The summed E-state index contributed by atoms with van der Waals surface area (Å²) in [4.78, 5) is 21.0. The van der Waals surface area contributed by atoms with Crippen molar-refractivity contribution in [3.63, 3.8) is 0 Å². The number of aliphatic hydroxyl groups is 1. The highest BCUT2D eigenvalue weighted by atomic mass is 35.5. The first kappa shape index (κ1) is 26.7. The predicted octanol–water partition coefficient (Wildman–Crippen LogP) is 7.22. The van der Waals surface area contributed by atoms with Crippen LogP contribution in [-0.4, -0.2) is 33.9 Å². The summed E-state index contributed by atoms with van der Waals surface area (Å²) in [6, 6.07) is 18.4. The Kier molecular flexibility index (Phi) is 6.37. The van der Waals surface area contributed by atoms with Crippen molar-refractivity contribution >= 4 is 40.5 Å². The number of carbonyl (C=O) groups is 1. The Morgan fingerprint density at radius 1 is 1.02 bits per heavy atom. The van der Waals surface area contributed by atoms with Gasteiger partial charge in [-0.15, -0.1) is 0 Å². The van der Waals surface area contributed by atoms with Crippen LogP contribution in [0.3, 0.4) is 0 Å². The van der Waals surface area contributed by atoms with E-state index in [4.69, 9.17) is 32.9 Å². The Hall–Kier alpha value is -3.52. The summed E-state index contributed by atoms with van der Waals surface area (Å²) in [5, 5.41) is 16.1. The monoisotopic (exact) mass is 576 g/mol. The van der Waals surface area contributed by atoms with Gasteiger partial charge in [-0.1, -0.05) is 55.2 Å². The molecule has 0 saturated heterocycles. The molecule has 3 heterocycles. The number of carbonyl (C=O) groups excluding carboxylic acids is 1. The van der Waals surface area contributed by atoms with Gasteiger partial charge in [-0.3, -0.25) is 9.69 Å². The minimum Gasteiger partial charge on any atom is -0.496 e. The third kappa shape index (κ3) is 3.68. The van der Waals surface area contributed by atoms with E-state index in [1.807, 2.05) is 42.7 Å². The molecule has 40 heavy (non-hydrogen) atoms. The second-order valence-corrected chi connectivity index (χ2v) is 11.7. The second kappa shape index (κ2) is 9.54. The third-order valence-corrected chi connectivity index (χ3v) is 8.30. The standard InChI is InChI=1S/C31H30Cl2N4O3/c1-16(2)18-9-11-22(25(13-18)40-5)28-35-26-27(36(28)17(3)4)31(23-12-10-20(33)15-24(23)34-30(31)39)37(29(26)38)21-8-6-7-19(32)14-21/h6-17,30,34,39H,1-5H3. The SMILES string of the molecule is COc1cc(C(C)C)ccc1-c1nc2c(n1C(C)C)C1(c3ccc(Cl)cc3NC1O)N(c1cccc(Cl)c1)C2=O. The van der Waals surface area contributed by atoms with Gasteiger partial charge in [0.05, 0.1) is 18.4 Å². The summed E-state index contributed by atoms with van der Waals surface area (Å²) in [6.07, 6.45) is -1.20. The van der Waals surface area contributed by atoms with Gasteiger partial charge in [-0.25, -0.2) is 4.98 Å². The maximum Gasteiger partial charge on any atom is 0.280 e. The Morgan fingerprint density at radius 3 is 2.45 bits per heavy atom. The van der Waals surface area contributed by atoms with Crippen molar-refractivity contribution in [1.82, 2.24) is 9.55 Å². The van der Waals surface area contributed by atoms with Gasteiger partial charge >= 0.3 is 0 Å². The molecule has 2 N–H and O–H groups in total. The number of benzene rings is 3. The molecule has 7 nitrogen and oxygen atoms in total. The molecular formula is C31H30Cl2N4O3. The smallest absolute Gasteiger partial charge is 0.280 e. The van der Waals surface area contributed by atoms with E-state index >= 15 is 0 Å². The van der Waals surface area contributed by atoms with Crippen molar-refractivity contribution in [1.29, 1.82) is 0 Å². The van der Waals surface area contributed by atoms with Crippen LogP contribution >= 0.6 is 23.2 Å². The van der Waals surface area contributed by atoms with Crippen molar-refractivity contribution in [3.8, 4) is 17.1 Å². The van der Waals surface area contributed by atoms with Gasteiger partial charge in [0.2, 0.25) is 0 Å². The first-order valence-electron chi connectivity index (χ1n) is 13.2. The number of nitrogens with zero attached hydrogens (tertiary/aromatic N) is 3. The molecule has 1 amide bonds. The average molecular weight is 578 g/mol. The fourth-order valence-electron chi connectivity index (χ4n) is 6.07. The number of hydrogen-bond acceptors (Lipinski definition) is 5. The Labute approximate surface area is 243 Å². The molecule has 9 heteroatoms. The second-order valence-electron chi connectivity index (χ2n) is 10.8. The first-order valence-corrected chi connectivity index (χ1v) is 14.0. The van der Waals surface area contributed by atoms with Crippen LogP contribution in [0.4, 0.5) is 11.4 Å². The number of fused-ring (bicyclic) bond motifs is 4. The van der Waals surface area contributed by atoms with E-state index in [-0.39, 0.29) is 17.6 Å².